The molecule has 2 atom stereocenters. The Morgan fingerprint density at radius 2 is 2.27 bits per heavy atom. The Morgan fingerprint density at radius 3 is 2.73 bits per heavy atom. The molecule has 0 radical (unpaired) electrons. The van der Waals surface area contributed by atoms with Crippen molar-refractivity contribution in [2.45, 2.75) is 38.6 Å². The van der Waals surface area contributed by atoms with Gasteiger partial charge in [0.05, 0.1) is 12.1 Å². The Labute approximate surface area is 94.0 Å². The lowest BCUT2D eigenvalue weighted by Gasteiger charge is -2.46. The first-order chi connectivity index (χ1) is 7.18. The normalized spacial score (nSPS) is 27.6. The molecule has 15 heavy (non-hydrogen) atoms. The lowest BCUT2D eigenvalue weighted by Crippen LogP contribution is -2.59. The van der Waals surface area contributed by atoms with Gasteiger partial charge in [-0.05, 0) is 31.7 Å². The molecule has 0 spiro atoms. The van der Waals surface area contributed by atoms with E-state index >= 15 is 0 Å². The Morgan fingerprint density at radius 1 is 1.53 bits per heavy atom. The maximum atomic E-state index is 5.96. The third-order valence-corrected chi connectivity index (χ3v) is 3.78. The van der Waals surface area contributed by atoms with Crippen LogP contribution in [0.15, 0.2) is 0 Å². The van der Waals surface area contributed by atoms with Gasteiger partial charge in [-0.2, -0.15) is 0 Å². The number of nitrogens with zero attached hydrogens (tertiary/aromatic N) is 1. The first-order valence-corrected chi connectivity index (χ1v) is 6.12. The van der Waals surface area contributed by atoms with Gasteiger partial charge < -0.3 is 10.5 Å². The van der Waals surface area contributed by atoms with Crippen molar-refractivity contribution in [2.75, 3.05) is 33.4 Å². The molecule has 0 amide bonds. The Bertz CT molecular complexity index is 180. The van der Waals surface area contributed by atoms with E-state index in [-0.39, 0.29) is 5.54 Å². The summed E-state index contributed by atoms with van der Waals surface area (Å²) >= 11 is 0. The minimum Gasteiger partial charge on any atom is -0.383 e. The van der Waals surface area contributed by atoms with E-state index in [1.807, 2.05) is 0 Å². The molecule has 1 saturated heterocycles. The van der Waals surface area contributed by atoms with E-state index in [2.05, 4.69) is 18.7 Å². The minimum absolute atomic E-state index is 0.0728. The third kappa shape index (κ3) is 2.92. The average Bonchev–Trinajstić information content (AvgIpc) is 2.26. The van der Waals surface area contributed by atoms with Crippen LogP contribution in [0.1, 0.15) is 33.1 Å². The second kappa shape index (κ2) is 5.83. The zero-order valence-electron chi connectivity index (χ0n) is 10.5. The summed E-state index contributed by atoms with van der Waals surface area (Å²) in [7, 11) is 1.77. The molecule has 2 unspecified atom stereocenters. The van der Waals surface area contributed by atoms with Gasteiger partial charge in [0.2, 0.25) is 0 Å². The topological polar surface area (TPSA) is 38.5 Å². The molecule has 0 aromatic heterocycles. The van der Waals surface area contributed by atoms with Crippen LogP contribution in [0.25, 0.3) is 0 Å². The first-order valence-electron chi connectivity index (χ1n) is 6.12. The van der Waals surface area contributed by atoms with Gasteiger partial charge in [-0.25, -0.2) is 0 Å². The molecule has 0 aromatic rings. The maximum Gasteiger partial charge on any atom is 0.0658 e. The molecule has 1 rings (SSSR count). The highest BCUT2D eigenvalue weighted by Gasteiger charge is 2.35. The molecule has 1 aliphatic heterocycles. The molecule has 3 heteroatoms. The lowest BCUT2D eigenvalue weighted by atomic mass is 9.89. The highest BCUT2D eigenvalue weighted by Crippen LogP contribution is 2.26. The van der Waals surface area contributed by atoms with Gasteiger partial charge in [-0.15, -0.1) is 0 Å². The van der Waals surface area contributed by atoms with Crippen LogP contribution in [0.3, 0.4) is 0 Å². The predicted octanol–water partition coefficient (Wildman–Crippen LogP) is 1.47. The van der Waals surface area contributed by atoms with Gasteiger partial charge in [0.1, 0.15) is 0 Å². The molecule has 1 fully saturated rings. The fraction of sp³-hybridized carbons (Fsp3) is 1.00. The van der Waals surface area contributed by atoms with Gasteiger partial charge in [-0.1, -0.05) is 13.8 Å². The second-order valence-electron chi connectivity index (χ2n) is 4.91. The summed E-state index contributed by atoms with van der Waals surface area (Å²) < 4.78 is 5.36. The van der Waals surface area contributed by atoms with E-state index < -0.39 is 0 Å². The molecule has 0 aromatic carbocycles. The lowest BCUT2D eigenvalue weighted by molar-refractivity contribution is -0.0100. The van der Waals surface area contributed by atoms with Crippen molar-refractivity contribution >= 4 is 0 Å². The number of nitrogens with two attached hydrogens (primary N) is 1. The molecule has 3 nitrogen and oxygen atoms in total. The van der Waals surface area contributed by atoms with Crippen molar-refractivity contribution in [3.05, 3.63) is 0 Å². The number of hydrogen-bond acceptors (Lipinski definition) is 3. The number of ether oxygens (including phenoxy) is 1. The van der Waals surface area contributed by atoms with Crippen LogP contribution in [0.4, 0.5) is 0 Å². The number of methoxy groups -OCH3 is 1. The number of likely N-dealkylation sites (tertiary alicyclic amines) is 1. The van der Waals surface area contributed by atoms with Crippen molar-refractivity contribution in [2.24, 2.45) is 11.7 Å². The molecule has 90 valence electrons. The summed E-state index contributed by atoms with van der Waals surface area (Å²) in [6.45, 7) is 8.35. The number of rotatable bonds is 5. The average molecular weight is 214 g/mol. The van der Waals surface area contributed by atoms with E-state index in [0.29, 0.717) is 6.54 Å². The summed E-state index contributed by atoms with van der Waals surface area (Å²) in [5.41, 5.74) is 6.03. The molecule has 0 aliphatic carbocycles. The molecule has 1 aliphatic rings. The van der Waals surface area contributed by atoms with E-state index in [1.165, 1.54) is 25.9 Å². The molecule has 0 bridgehead atoms. The number of piperidine rings is 1. The smallest absolute Gasteiger partial charge is 0.0658 e. The van der Waals surface area contributed by atoms with Crippen molar-refractivity contribution < 1.29 is 4.74 Å². The minimum atomic E-state index is 0.0728. The van der Waals surface area contributed by atoms with E-state index in [1.54, 1.807) is 7.11 Å². The van der Waals surface area contributed by atoms with Crippen molar-refractivity contribution in [1.82, 2.24) is 4.90 Å². The predicted molar refractivity (Wildman–Crippen MR) is 63.9 cm³/mol. The first kappa shape index (κ1) is 12.9. The zero-order valence-corrected chi connectivity index (χ0v) is 10.5. The van der Waals surface area contributed by atoms with Crippen LogP contribution >= 0.6 is 0 Å². The van der Waals surface area contributed by atoms with Gasteiger partial charge in [-0.3, -0.25) is 4.90 Å². The van der Waals surface area contributed by atoms with Crippen LogP contribution in [0.2, 0.25) is 0 Å². The summed E-state index contributed by atoms with van der Waals surface area (Å²) in [5, 5.41) is 0. The second-order valence-corrected chi connectivity index (χ2v) is 4.91. The molecular formula is C12H26N2O. The SMILES string of the molecule is CCC(CN)(COC)N1CCCC(C)C1. The van der Waals surface area contributed by atoms with E-state index in [0.717, 1.165) is 18.9 Å². The number of hydrogen-bond donors (Lipinski definition) is 1. The van der Waals surface area contributed by atoms with Crippen molar-refractivity contribution in [3.8, 4) is 0 Å². The summed E-state index contributed by atoms with van der Waals surface area (Å²) in [6, 6.07) is 0. The van der Waals surface area contributed by atoms with Gasteiger partial charge in [0, 0.05) is 20.2 Å². The van der Waals surface area contributed by atoms with E-state index in [9.17, 15) is 0 Å². The molecule has 2 N–H and O–H groups in total. The molecule has 1 heterocycles. The van der Waals surface area contributed by atoms with Gasteiger partial charge in [0.25, 0.3) is 0 Å². The van der Waals surface area contributed by atoms with Crippen LogP contribution in [0.5, 0.6) is 0 Å². The Balaban J connectivity index is 2.68. The Hall–Kier alpha value is -0.120. The van der Waals surface area contributed by atoms with E-state index in [4.69, 9.17) is 10.5 Å². The zero-order chi connectivity index (χ0) is 11.3. The molecule has 0 saturated carbocycles. The summed E-state index contributed by atoms with van der Waals surface area (Å²) in [6.07, 6.45) is 3.73. The molecular weight excluding hydrogens is 188 g/mol. The van der Waals surface area contributed by atoms with Crippen LogP contribution in [0, 0.1) is 5.92 Å². The fourth-order valence-corrected chi connectivity index (χ4v) is 2.64. The van der Waals surface area contributed by atoms with Crippen LogP contribution in [-0.4, -0.2) is 43.8 Å². The van der Waals surface area contributed by atoms with Crippen LogP contribution in [-0.2, 0) is 4.74 Å². The highest BCUT2D eigenvalue weighted by atomic mass is 16.5. The van der Waals surface area contributed by atoms with Crippen LogP contribution < -0.4 is 5.73 Å². The quantitative estimate of drug-likeness (QED) is 0.753. The maximum absolute atomic E-state index is 5.96. The van der Waals surface area contributed by atoms with Gasteiger partial charge in [0.15, 0.2) is 0 Å². The highest BCUT2D eigenvalue weighted by molar-refractivity contribution is 4.92. The largest absolute Gasteiger partial charge is 0.383 e. The third-order valence-electron chi connectivity index (χ3n) is 3.78. The Kier molecular flexibility index (Phi) is 5.03. The van der Waals surface area contributed by atoms with Crippen molar-refractivity contribution in [3.63, 3.8) is 0 Å². The standard InChI is InChI=1S/C12H26N2O/c1-4-12(9-13,10-15-3)14-7-5-6-11(2)8-14/h11H,4-10,13H2,1-3H3. The summed E-state index contributed by atoms with van der Waals surface area (Å²) in [4.78, 5) is 2.55. The summed E-state index contributed by atoms with van der Waals surface area (Å²) in [5.74, 6) is 0.799. The van der Waals surface area contributed by atoms with Gasteiger partial charge >= 0.3 is 0 Å². The fourth-order valence-electron chi connectivity index (χ4n) is 2.64. The van der Waals surface area contributed by atoms with Crippen molar-refractivity contribution in [1.29, 1.82) is 0 Å². The monoisotopic (exact) mass is 214 g/mol.